The molecule has 1 saturated heterocycles. The molecule has 1 aromatic heterocycles. The van der Waals surface area contributed by atoms with Gasteiger partial charge < -0.3 is 0 Å². The van der Waals surface area contributed by atoms with E-state index in [4.69, 9.17) is 17.4 Å². The van der Waals surface area contributed by atoms with Gasteiger partial charge in [0.15, 0.2) is 0 Å². The van der Waals surface area contributed by atoms with Gasteiger partial charge in [-0.15, -0.1) is 0 Å². The molecule has 0 unspecified atom stereocenters. The zero-order valence-corrected chi connectivity index (χ0v) is 16.8. The van der Waals surface area contributed by atoms with E-state index in [1.165, 1.54) is 18.4 Å². The second kappa shape index (κ2) is 8.19. The van der Waals surface area contributed by atoms with Crippen molar-refractivity contribution in [3.63, 3.8) is 0 Å². The molecule has 6 heteroatoms. The van der Waals surface area contributed by atoms with E-state index < -0.39 is 0 Å². The third-order valence-corrected chi connectivity index (χ3v) is 6.66. The molecule has 1 aliphatic carbocycles. The molecule has 5 nitrogen and oxygen atoms in total. The third kappa shape index (κ3) is 4.07. The molecular weight excluding hydrogens is 372 g/mol. The van der Waals surface area contributed by atoms with Crippen LogP contribution in [-0.2, 0) is 16.8 Å². The van der Waals surface area contributed by atoms with Crippen molar-refractivity contribution < 1.29 is 4.79 Å². The maximum absolute atomic E-state index is 11.8. The quantitative estimate of drug-likeness (QED) is 0.443. The third-order valence-electron chi connectivity index (χ3n) is 6.24. The van der Waals surface area contributed by atoms with E-state index in [2.05, 4.69) is 45.6 Å². The molecule has 2 aromatic rings. The van der Waals surface area contributed by atoms with Gasteiger partial charge in [0.05, 0.1) is 10.7 Å². The van der Waals surface area contributed by atoms with Crippen molar-refractivity contribution in [1.29, 1.82) is 0 Å². The highest BCUT2D eigenvalue weighted by atomic mass is 35.5. The Morgan fingerprint density at radius 1 is 1.21 bits per heavy atom. The summed E-state index contributed by atoms with van der Waals surface area (Å²) in [5.74, 6) is 5.75. The van der Waals surface area contributed by atoms with Crippen molar-refractivity contribution in [2.45, 2.75) is 50.0 Å². The lowest BCUT2D eigenvalue weighted by atomic mass is 9.89. The molecule has 0 bridgehead atoms. The highest BCUT2D eigenvalue weighted by molar-refractivity contribution is 6.32. The Labute approximate surface area is 171 Å². The van der Waals surface area contributed by atoms with E-state index in [-0.39, 0.29) is 11.3 Å². The Morgan fingerprint density at radius 3 is 2.57 bits per heavy atom. The minimum atomic E-state index is -0.239. The number of pyridine rings is 1. The van der Waals surface area contributed by atoms with Gasteiger partial charge in [-0.2, -0.15) is 0 Å². The normalized spacial score (nSPS) is 19.4. The van der Waals surface area contributed by atoms with Crippen molar-refractivity contribution in [3.05, 3.63) is 64.4 Å². The molecule has 0 radical (unpaired) electrons. The Hall–Kier alpha value is -1.95. The van der Waals surface area contributed by atoms with Crippen molar-refractivity contribution in [3.8, 4) is 0 Å². The number of hydrogen-bond donors (Lipinski definition) is 2. The first-order valence-corrected chi connectivity index (χ1v) is 10.4. The Balaban J connectivity index is 1.42. The number of nitrogens with two attached hydrogens (primary N) is 1. The molecule has 3 N–H and O–H groups in total. The summed E-state index contributed by atoms with van der Waals surface area (Å²) in [5, 5.41) is 0.718. The first-order chi connectivity index (χ1) is 13.6. The molecule has 0 atom stereocenters. The van der Waals surface area contributed by atoms with Crippen LogP contribution in [0.5, 0.6) is 0 Å². The first-order valence-electron chi connectivity index (χ1n) is 10.0. The number of carbonyl (C=O) groups is 1. The van der Waals surface area contributed by atoms with Gasteiger partial charge in [0, 0.05) is 24.6 Å². The van der Waals surface area contributed by atoms with E-state index in [1.54, 1.807) is 0 Å². The summed E-state index contributed by atoms with van der Waals surface area (Å²) in [7, 11) is 0. The summed E-state index contributed by atoms with van der Waals surface area (Å²) in [6.07, 6.45) is 6.37. The summed E-state index contributed by atoms with van der Waals surface area (Å²) < 4.78 is 0. The molecule has 1 saturated carbocycles. The van der Waals surface area contributed by atoms with Crippen LogP contribution < -0.4 is 11.3 Å². The number of hydrazine groups is 1. The van der Waals surface area contributed by atoms with E-state index >= 15 is 0 Å². The molecule has 1 aromatic carbocycles. The lowest BCUT2D eigenvalue weighted by Gasteiger charge is -2.32. The Kier molecular flexibility index (Phi) is 5.67. The number of aromatic nitrogens is 1. The van der Waals surface area contributed by atoms with Crippen LogP contribution in [0.1, 0.15) is 54.8 Å². The number of nitrogens with one attached hydrogen (secondary N) is 1. The molecule has 2 aliphatic rings. The van der Waals surface area contributed by atoms with Gasteiger partial charge in [0.25, 0.3) is 0 Å². The number of hydrogen-bond acceptors (Lipinski definition) is 4. The van der Waals surface area contributed by atoms with Crippen LogP contribution in [0.2, 0.25) is 5.02 Å². The van der Waals surface area contributed by atoms with Crippen molar-refractivity contribution in [1.82, 2.24) is 15.3 Å². The van der Waals surface area contributed by atoms with Gasteiger partial charge in [-0.25, -0.2) is 5.84 Å². The fourth-order valence-electron chi connectivity index (χ4n) is 4.37. The van der Waals surface area contributed by atoms with Crippen LogP contribution in [0, 0.1) is 0 Å². The average Bonchev–Trinajstić information content (AvgIpc) is 3.51. The standard InChI is InChI=1S/C22H27ClN4O/c23-20-18(6-11-25-21(20)22(9-10-22)14-19(28)26-24)15-27-12-7-17(8-13-27)16-4-2-1-3-5-16/h1-6,11,17H,7-10,12-15,24H2,(H,26,28). The largest absolute Gasteiger partial charge is 0.299 e. The van der Waals surface area contributed by atoms with E-state index in [0.717, 1.165) is 48.8 Å². The molecule has 0 spiro atoms. The molecule has 28 heavy (non-hydrogen) atoms. The monoisotopic (exact) mass is 398 g/mol. The first kappa shape index (κ1) is 19.4. The van der Waals surface area contributed by atoms with E-state index in [0.29, 0.717) is 12.3 Å². The van der Waals surface area contributed by atoms with Gasteiger partial charge in [-0.1, -0.05) is 41.9 Å². The fraction of sp³-hybridized carbons (Fsp3) is 0.455. The molecule has 1 amide bonds. The van der Waals surface area contributed by atoms with Crippen LogP contribution in [0.15, 0.2) is 42.6 Å². The van der Waals surface area contributed by atoms with Gasteiger partial charge >= 0.3 is 0 Å². The lowest BCUT2D eigenvalue weighted by Crippen LogP contribution is -2.34. The van der Waals surface area contributed by atoms with Crippen LogP contribution in [0.3, 0.4) is 0 Å². The molecule has 4 rings (SSSR count). The Morgan fingerprint density at radius 2 is 1.93 bits per heavy atom. The van der Waals surface area contributed by atoms with Gasteiger partial charge in [0.2, 0.25) is 5.91 Å². The number of rotatable bonds is 6. The lowest BCUT2D eigenvalue weighted by molar-refractivity contribution is -0.121. The SMILES string of the molecule is NNC(=O)CC1(c2nccc(CN3CCC(c4ccccc4)CC3)c2Cl)CC1. The number of benzene rings is 1. The van der Waals surface area contributed by atoms with Gasteiger partial charge in [-0.3, -0.25) is 20.1 Å². The highest BCUT2D eigenvalue weighted by Gasteiger charge is 2.48. The van der Waals surface area contributed by atoms with E-state index in [1.807, 2.05) is 12.3 Å². The maximum atomic E-state index is 11.8. The average molecular weight is 399 g/mol. The predicted octanol–water partition coefficient (Wildman–Crippen LogP) is 3.53. The number of nitrogens with zero attached hydrogens (tertiary/aromatic N) is 2. The molecule has 2 fully saturated rings. The molecule has 2 heterocycles. The van der Waals surface area contributed by atoms with Crippen LogP contribution in [-0.4, -0.2) is 28.9 Å². The molecule has 1 aliphatic heterocycles. The van der Waals surface area contributed by atoms with Crippen molar-refractivity contribution in [2.24, 2.45) is 5.84 Å². The second-order valence-corrected chi connectivity index (χ2v) is 8.50. The summed E-state index contributed by atoms with van der Waals surface area (Å²) in [5.41, 5.74) is 5.39. The highest BCUT2D eigenvalue weighted by Crippen LogP contribution is 2.52. The zero-order valence-electron chi connectivity index (χ0n) is 16.0. The number of likely N-dealkylation sites (tertiary alicyclic amines) is 1. The number of amides is 1. The minimum absolute atomic E-state index is 0.163. The zero-order chi connectivity index (χ0) is 19.6. The maximum Gasteiger partial charge on any atom is 0.234 e. The number of halogens is 1. The van der Waals surface area contributed by atoms with Crippen molar-refractivity contribution >= 4 is 17.5 Å². The van der Waals surface area contributed by atoms with Gasteiger partial charge in [-0.05, 0) is 61.9 Å². The molecule has 148 valence electrons. The topological polar surface area (TPSA) is 71.2 Å². The predicted molar refractivity (Wildman–Crippen MR) is 111 cm³/mol. The van der Waals surface area contributed by atoms with Crippen molar-refractivity contribution in [2.75, 3.05) is 13.1 Å². The molecular formula is C22H27ClN4O. The summed E-state index contributed by atoms with van der Waals surface area (Å²) in [4.78, 5) is 18.8. The fourth-order valence-corrected chi connectivity index (χ4v) is 4.74. The number of piperidine rings is 1. The Bertz CT molecular complexity index is 830. The van der Waals surface area contributed by atoms with Gasteiger partial charge in [0.1, 0.15) is 0 Å². The smallest absolute Gasteiger partial charge is 0.234 e. The van der Waals surface area contributed by atoms with Crippen LogP contribution in [0.25, 0.3) is 0 Å². The van der Waals surface area contributed by atoms with E-state index in [9.17, 15) is 4.79 Å². The summed E-state index contributed by atoms with van der Waals surface area (Å²) in [6, 6.07) is 12.8. The summed E-state index contributed by atoms with van der Waals surface area (Å²) >= 11 is 6.75. The second-order valence-electron chi connectivity index (χ2n) is 8.12. The minimum Gasteiger partial charge on any atom is -0.299 e. The van der Waals surface area contributed by atoms with Crippen LogP contribution >= 0.6 is 11.6 Å². The number of carbonyl (C=O) groups excluding carboxylic acids is 1. The van der Waals surface area contributed by atoms with Crippen LogP contribution in [0.4, 0.5) is 0 Å². The summed E-state index contributed by atoms with van der Waals surface area (Å²) in [6.45, 7) is 2.96.